The Kier molecular flexibility index (Phi) is 7.84. The first-order chi connectivity index (χ1) is 11.7. The molecule has 0 atom stereocenters. The van der Waals surface area contributed by atoms with Crippen molar-refractivity contribution < 1.29 is 9.69 Å². The molecule has 0 bridgehead atoms. The molecule has 24 heavy (non-hydrogen) atoms. The van der Waals surface area contributed by atoms with E-state index >= 15 is 0 Å². The van der Waals surface area contributed by atoms with Crippen molar-refractivity contribution in [3.8, 4) is 0 Å². The van der Waals surface area contributed by atoms with E-state index in [0.29, 0.717) is 23.4 Å². The van der Waals surface area contributed by atoms with E-state index in [2.05, 4.69) is 29.4 Å². The van der Waals surface area contributed by atoms with E-state index in [1.165, 1.54) is 35.9 Å². The third-order valence-electron chi connectivity index (χ3n) is 4.79. The molecule has 136 valence electrons. The van der Waals surface area contributed by atoms with Crippen LogP contribution in [-0.4, -0.2) is 52.7 Å². The van der Waals surface area contributed by atoms with Gasteiger partial charge in [0.15, 0.2) is 5.82 Å². The van der Waals surface area contributed by atoms with Crippen LogP contribution in [0.3, 0.4) is 0 Å². The predicted octanol–water partition coefficient (Wildman–Crippen LogP) is 0.173. The van der Waals surface area contributed by atoms with Gasteiger partial charge in [0.05, 0.1) is 31.9 Å². The molecular formula is C16H31N6OS+. The number of thioether (sulfide) groups is 1. The van der Waals surface area contributed by atoms with Gasteiger partial charge < -0.3 is 16.1 Å². The number of hydrogen-bond donors (Lipinski definition) is 3. The molecule has 1 saturated carbocycles. The highest BCUT2D eigenvalue weighted by molar-refractivity contribution is 7.99. The van der Waals surface area contributed by atoms with Crippen molar-refractivity contribution in [3.05, 3.63) is 5.82 Å². The Morgan fingerprint density at radius 1 is 1.29 bits per heavy atom. The maximum atomic E-state index is 12.0. The van der Waals surface area contributed by atoms with E-state index in [-0.39, 0.29) is 5.91 Å². The van der Waals surface area contributed by atoms with E-state index in [1.807, 2.05) is 0 Å². The van der Waals surface area contributed by atoms with Crippen LogP contribution in [-0.2, 0) is 4.79 Å². The lowest BCUT2D eigenvalue weighted by Gasteiger charge is -2.20. The number of nitrogens with two attached hydrogens (primary N) is 1. The lowest BCUT2D eigenvalue weighted by Crippen LogP contribution is -3.12. The molecule has 0 aromatic carbocycles. The van der Waals surface area contributed by atoms with Crippen LogP contribution in [0, 0.1) is 0 Å². The summed E-state index contributed by atoms with van der Waals surface area (Å²) >= 11 is 1.36. The number of carbonyl (C=O) groups is 1. The number of carbonyl (C=O) groups excluding carboxylic acids is 1. The zero-order valence-corrected chi connectivity index (χ0v) is 15.7. The van der Waals surface area contributed by atoms with Crippen LogP contribution in [0.5, 0.6) is 0 Å². The fourth-order valence-electron chi connectivity index (χ4n) is 3.19. The van der Waals surface area contributed by atoms with Gasteiger partial charge in [0, 0.05) is 5.92 Å². The van der Waals surface area contributed by atoms with Crippen molar-refractivity contribution in [2.75, 3.05) is 37.8 Å². The van der Waals surface area contributed by atoms with Crippen LogP contribution in [0.25, 0.3) is 0 Å². The summed E-state index contributed by atoms with van der Waals surface area (Å²) in [6, 6.07) is 0. The Morgan fingerprint density at radius 3 is 2.67 bits per heavy atom. The number of amides is 1. The first-order valence-electron chi connectivity index (χ1n) is 9.09. The van der Waals surface area contributed by atoms with Gasteiger partial charge in [-0.05, 0) is 26.7 Å². The average molecular weight is 356 g/mol. The molecule has 1 heterocycles. The maximum Gasteiger partial charge on any atom is 0.230 e. The number of nitrogens with one attached hydrogen (secondary N) is 2. The number of hydrogen-bond acceptors (Lipinski definition) is 5. The topological polar surface area (TPSA) is 90.3 Å². The highest BCUT2D eigenvalue weighted by atomic mass is 32.2. The summed E-state index contributed by atoms with van der Waals surface area (Å²) < 4.78 is 1.58. The molecule has 1 fully saturated rings. The molecule has 8 heteroatoms. The molecule has 4 N–H and O–H groups in total. The van der Waals surface area contributed by atoms with Gasteiger partial charge in [-0.2, -0.15) is 0 Å². The second-order valence-electron chi connectivity index (χ2n) is 6.39. The molecular weight excluding hydrogens is 324 g/mol. The quantitative estimate of drug-likeness (QED) is 0.434. The van der Waals surface area contributed by atoms with E-state index < -0.39 is 0 Å². The first-order valence-corrected chi connectivity index (χ1v) is 10.1. The van der Waals surface area contributed by atoms with Crippen molar-refractivity contribution in [2.24, 2.45) is 0 Å². The monoisotopic (exact) mass is 355 g/mol. The normalized spacial score (nSPS) is 15.8. The lowest BCUT2D eigenvalue weighted by atomic mass is 9.89. The SMILES string of the molecule is CC[NH+](CC)CCNC(=O)CSc1nnc(C2CCCCC2)n1N. The fourth-order valence-corrected chi connectivity index (χ4v) is 3.88. The van der Waals surface area contributed by atoms with Crippen molar-refractivity contribution in [1.82, 2.24) is 20.2 Å². The lowest BCUT2D eigenvalue weighted by molar-refractivity contribution is -0.895. The van der Waals surface area contributed by atoms with E-state index in [4.69, 9.17) is 5.84 Å². The highest BCUT2D eigenvalue weighted by Crippen LogP contribution is 2.32. The molecule has 1 aromatic rings. The Labute approximate surface area is 148 Å². The number of nitrogen functional groups attached to an aromatic ring is 1. The van der Waals surface area contributed by atoms with Crippen LogP contribution in [0.15, 0.2) is 5.16 Å². The summed E-state index contributed by atoms with van der Waals surface area (Å²) in [4.78, 5) is 13.4. The van der Waals surface area contributed by atoms with Crippen molar-refractivity contribution in [2.45, 2.75) is 57.0 Å². The largest absolute Gasteiger partial charge is 0.350 e. The fraction of sp³-hybridized carbons (Fsp3) is 0.812. The summed E-state index contributed by atoms with van der Waals surface area (Å²) in [5.74, 6) is 7.76. The van der Waals surface area contributed by atoms with Crippen LogP contribution in [0.1, 0.15) is 57.7 Å². The van der Waals surface area contributed by atoms with Gasteiger partial charge in [-0.1, -0.05) is 31.0 Å². The van der Waals surface area contributed by atoms with Gasteiger partial charge in [0.25, 0.3) is 0 Å². The first kappa shape index (κ1) is 19.1. The number of aromatic nitrogens is 3. The van der Waals surface area contributed by atoms with Crippen molar-refractivity contribution >= 4 is 17.7 Å². The van der Waals surface area contributed by atoms with Gasteiger partial charge in [-0.15, -0.1) is 10.2 Å². The molecule has 0 saturated heterocycles. The van der Waals surface area contributed by atoms with E-state index in [0.717, 1.165) is 38.3 Å². The van der Waals surface area contributed by atoms with Gasteiger partial charge >= 0.3 is 0 Å². The summed E-state index contributed by atoms with van der Waals surface area (Å²) in [5.41, 5.74) is 0. The van der Waals surface area contributed by atoms with Gasteiger partial charge in [-0.25, -0.2) is 4.68 Å². The van der Waals surface area contributed by atoms with Gasteiger partial charge in [-0.3, -0.25) is 4.79 Å². The third kappa shape index (κ3) is 5.37. The molecule has 0 radical (unpaired) electrons. The zero-order valence-electron chi connectivity index (χ0n) is 14.9. The van der Waals surface area contributed by atoms with Crippen LogP contribution < -0.4 is 16.1 Å². The maximum absolute atomic E-state index is 12.0. The van der Waals surface area contributed by atoms with Gasteiger partial charge in [0.2, 0.25) is 11.1 Å². The number of rotatable bonds is 9. The molecule has 1 amide bonds. The Morgan fingerprint density at radius 2 is 2.00 bits per heavy atom. The van der Waals surface area contributed by atoms with Gasteiger partial charge in [0.1, 0.15) is 0 Å². The van der Waals surface area contributed by atoms with Crippen molar-refractivity contribution in [3.63, 3.8) is 0 Å². The Bertz CT molecular complexity index is 511. The minimum Gasteiger partial charge on any atom is -0.350 e. The number of likely N-dealkylation sites (N-methyl/N-ethyl adjacent to an activating group) is 1. The van der Waals surface area contributed by atoms with Crippen LogP contribution >= 0.6 is 11.8 Å². The molecule has 2 rings (SSSR count). The average Bonchev–Trinajstić information content (AvgIpc) is 2.98. The van der Waals surface area contributed by atoms with Crippen LogP contribution in [0.4, 0.5) is 0 Å². The molecule has 7 nitrogen and oxygen atoms in total. The molecule has 0 spiro atoms. The zero-order chi connectivity index (χ0) is 17.4. The summed E-state index contributed by atoms with van der Waals surface area (Å²) in [6.07, 6.45) is 6.03. The van der Waals surface area contributed by atoms with Crippen LogP contribution in [0.2, 0.25) is 0 Å². The Hall–Kier alpha value is -1.28. The standard InChI is InChI=1S/C16H30N6OS/c1-3-21(4-2)11-10-18-14(23)12-24-16-20-19-15(22(16)17)13-8-6-5-7-9-13/h13H,3-12,17H2,1-2H3,(H,18,23)/p+1. The molecule has 0 aliphatic heterocycles. The third-order valence-corrected chi connectivity index (χ3v) is 5.74. The smallest absolute Gasteiger partial charge is 0.230 e. The second kappa shape index (κ2) is 9.88. The molecule has 1 aliphatic rings. The predicted molar refractivity (Wildman–Crippen MR) is 96.6 cm³/mol. The molecule has 1 aliphatic carbocycles. The highest BCUT2D eigenvalue weighted by Gasteiger charge is 2.22. The number of nitrogens with zero attached hydrogens (tertiary/aromatic N) is 3. The summed E-state index contributed by atoms with van der Waals surface area (Å²) in [6.45, 7) is 8.16. The molecule has 0 unspecified atom stereocenters. The second-order valence-corrected chi connectivity index (χ2v) is 7.33. The minimum absolute atomic E-state index is 0.0220. The van der Waals surface area contributed by atoms with Crippen molar-refractivity contribution in [1.29, 1.82) is 0 Å². The van der Waals surface area contributed by atoms with E-state index in [9.17, 15) is 4.79 Å². The molecule has 1 aromatic heterocycles. The minimum atomic E-state index is 0.0220. The summed E-state index contributed by atoms with van der Waals surface area (Å²) in [5, 5.41) is 12.0. The Balaban J connectivity index is 1.75. The van der Waals surface area contributed by atoms with E-state index in [1.54, 1.807) is 4.68 Å². The summed E-state index contributed by atoms with van der Waals surface area (Å²) in [7, 11) is 0. The number of quaternary nitrogens is 1.